The largest absolute Gasteiger partial charge is 0.610 e. The van der Waals surface area contributed by atoms with Crippen molar-refractivity contribution >= 4 is 39.6 Å². The minimum Gasteiger partial charge on any atom is -0.610 e. The first-order valence-corrected chi connectivity index (χ1v) is 9.14. The predicted octanol–water partition coefficient (Wildman–Crippen LogP) is 2.88. The standard InChI is InChI=1S/C16H15ClN4O2S/c1-9(19-16-18-7-6-13(20-16)24(2)23)11-8-10-4-3-5-12(17)14(10)21-15(11)22/h3-9H,1-2H3,(H,21,22)(H,18,19,20)/t9-,24+/m0/s1. The molecule has 0 fully saturated rings. The number of H-pyrrole nitrogens is 1. The molecule has 0 saturated carbocycles. The maximum atomic E-state index is 12.3. The Morgan fingerprint density at radius 2 is 2.17 bits per heavy atom. The Labute approximate surface area is 146 Å². The lowest BCUT2D eigenvalue weighted by atomic mass is 10.1. The van der Waals surface area contributed by atoms with E-state index in [2.05, 4.69) is 20.3 Å². The summed E-state index contributed by atoms with van der Waals surface area (Å²) >= 11 is 4.91. The van der Waals surface area contributed by atoms with E-state index >= 15 is 0 Å². The van der Waals surface area contributed by atoms with Gasteiger partial charge in [0.2, 0.25) is 11.0 Å². The van der Waals surface area contributed by atoms with E-state index in [1.807, 2.05) is 19.1 Å². The highest BCUT2D eigenvalue weighted by atomic mass is 35.5. The zero-order valence-electron chi connectivity index (χ0n) is 13.0. The molecule has 0 spiro atoms. The third-order valence-electron chi connectivity index (χ3n) is 3.59. The lowest BCUT2D eigenvalue weighted by Crippen LogP contribution is -2.20. The molecule has 6 nitrogen and oxygen atoms in total. The third kappa shape index (κ3) is 3.38. The van der Waals surface area contributed by atoms with E-state index in [9.17, 15) is 9.35 Å². The summed E-state index contributed by atoms with van der Waals surface area (Å²) in [6.45, 7) is 1.83. The number of para-hydroxylation sites is 1. The molecule has 0 radical (unpaired) electrons. The van der Waals surface area contributed by atoms with Crippen LogP contribution in [0.4, 0.5) is 5.95 Å². The Balaban J connectivity index is 1.94. The van der Waals surface area contributed by atoms with Crippen LogP contribution in [0.25, 0.3) is 10.9 Å². The van der Waals surface area contributed by atoms with Crippen LogP contribution in [0.2, 0.25) is 5.02 Å². The molecule has 0 aliphatic heterocycles. The van der Waals surface area contributed by atoms with Crippen LogP contribution in [0, 0.1) is 0 Å². The number of hydrogen-bond donors (Lipinski definition) is 2. The van der Waals surface area contributed by atoms with Crippen molar-refractivity contribution in [1.29, 1.82) is 0 Å². The SMILES string of the molecule is C[C@H](Nc1nccc([S@@+](C)[O-])n1)c1cc2cccc(Cl)c2[nH]c1=O. The number of aromatic nitrogens is 3. The van der Waals surface area contributed by atoms with Gasteiger partial charge in [-0.2, -0.15) is 4.98 Å². The number of nitrogens with one attached hydrogen (secondary N) is 2. The van der Waals surface area contributed by atoms with Crippen LogP contribution >= 0.6 is 11.6 Å². The molecule has 2 N–H and O–H groups in total. The first-order valence-electron chi connectivity index (χ1n) is 7.20. The van der Waals surface area contributed by atoms with Crippen LogP contribution < -0.4 is 10.9 Å². The summed E-state index contributed by atoms with van der Waals surface area (Å²) in [5, 5.41) is 4.83. The molecule has 2 heterocycles. The Hall–Kier alpha value is -2.09. The third-order valence-corrected chi connectivity index (χ3v) is 4.73. The lowest BCUT2D eigenvalue weighted by Gasteiger charge is -2.14. The molecule has 24 heavy (non-hydrogen) atoms. The Morgan fingerprint density at radius 1 is 1.38 bits per heavy atom. The van der Waals surface area contributed by atoms with Crippen molar-refractivity contribution in [2.24, 2.45) is 0 Å². The van der Waals surface area contributed by atoms with Crippen molar-refractivity contribution in [3.05, 3.63) is 57.5 Å². The van der Waals surface area contributed by atoms with Crippen molar-refractivity contribution < 1.29 is 4.55 Å². The van der Waals surface area contributed by atoms with Gasteiger partial charge in [-0.25, -0.2) is 4.98 Å². The zero-order valence-corrected chi connectivity index (χ0v) is 14.6. The summed E-state index contributed by atoms with van der Waals surface area (Å²) in [6.07, 6.45) is 3.08. The second-order valence-corrected chi connectivity index (χ2v) is 7.03. The average molecular weight is 363 g/mol. The fraction of sp³-hybridized carbons (Fsp3) is 0.188. The smallest absolute Gasteiger partial charge is 0.253 e. The Morgan fingerprint density at radius 3 is 2.92 bits per heavy atom. The highest BCUT2D eigenvalue weighted by Gasteiger charge is 2.15. The number of halogens is 1. The van der Waals surface area contributed by atoms with Gasteiger partial charge >= 0.3 is 0 Å². The summed E-state index contributed by atoms with van der Waals surface area (Å²) in [4.78, 5) is 23.4. The van der Waals surface area contributed by atoms with Gasteiger partial charge in [-0.1, -0.05) is 23.7 Å². The van der Waals surface area contributed by atoms with Gasteiger partial charge in [-0.05, 0) is 19.1 Å². The molecule has 8 heteroatoms. The monoisotopic (exact) mass is 362 g/mol. The van der Waals surface area contributed by atoms with E-state index in [1.54, 1.807) is 24.5 Å². The highest BCUT2D eigenvalue weighted by molar-refractivity contribution is 7.90. The van der Waals surface area contributed by atoms with E-state index in [-0.39, 0.29) is 11.6 Å². The molecule has 3 rings (SSSR count). The summed E-state index contributed by atoms with van der Waals surface area (Å²) in [7, 11) is 0. The number of fused-ring (bicyclic) bond motifs is 1. The van der Waals surface area contributed by atoms with Crippen LogP contribution in [0.15, 0.2) is 46.3 Å². The second-order valence-electron chi connectivity index (χ2n) is 5.30. The molecular weight excluding hydrogens is 348 g/mol. The highest BCUT2D eigenvalue weighted by Crippen LogP contribution is 2.23. The van der Waals surface area contributed by atoms with E-state index in [0.29, 0.717) is 27.1 Å². The number of rotatable bonds is 4. The van der Waals surface area contributed by atoms with Gasteiger partial charge in [0.1, 0.15) is 6.26 Å². The fourth-order valence-electron chi connectivity index (χ4n) is 2.38. The molecule has 0 aliphatic carbocycles. The van der Waals surface area contributed by atoms with Gasteiger partial charge in [0.15, 0.2) is 0 Å². The summed E-state index contributed by atoms with van der Waals surface area (Å²) < 4.78 is 11.5. The quantitative estimate of drug-likeness (QED) is 0.549. The lowest BCUT2D eigenvalue weighted by molar-refractivity contribution is 0.597. The number of pyridine rings is 1. The molecule has 0 unspecified atom stereocenters. The number of hydrogen-bond acceptors (Lipinski definition) is 5. The van der Waals surface area contributed by atoms with Crippen molar-refractivity contribution in [2.45, 2.75) is 18.0 Å². The molecule has 0 amide bonds. The van der Waals surface area contributed by atoms with Gasteiger partial charge in [0.25, 0.3) is 5.56 Å². The maximum Gasteiger partial charge on any atom is 0.253 e. The predicted molar refractivity (Wildman–Crippen MR) is 96.0 cm³/mol. The van der Waals surface area contributed by atoms with Crippen LogP contribution in [0.5, 0.6) is 0 Å². The molecule has 2 atom stereocenters. The minimum absolute atomic E-state index is 0.231. The molecule has 2 aromatic heterocycles. The molecule has 124 valence electrons. The van der Waals surface area contributed by atoms with Gasteiger partial charge in [-0.3, -0.25) is 4.79 Å². The van der Waals surface area contributed by atoms with Gasteiger partial charge < -0.3 is 14.9 Å². The van der Waals surface area contributed by atoms with Crippen molar-refractivity contribution in [2.75, 3.05) is 11.6 Å². The van der Waals surface area contributed by atoms with Gasteiger partial charge in [-0.15, -0.1) is 0 Å². The normalized spacial score (nSPS) is 13.7. The minimum atomic E-state index is -1.20. The van der Waals surface area contributed by atoms with Gasteiger partial charge in [0, 0.05) is 34.4 Å². The number of nitrogens with zero attached hydrogens (tertiary/aromatic N) is 2. The van der Waals surface area contributed by atoms with Crippen LogP contribution in [-0.4, -0.2) is 25.8 Å². The summed E-state index contributed by atoms with van der Waals surface area (Å²) in [5.41, 5.74) is 0.918. The number of anilines is 1. The molecule has 3 aromatic rings. The second kappa shape index (κ2) is 6.80. The van der Waals surface area contributed by atoms with Crippen molar-refractivity contribution in [3.63, 3.8) is 0 Å². The van der Waals surface area contributed by atoms with E-state index in [1.165, 1.54) is 6.20 Å². The Bertz CT molecular complexity index is 945. The maximum absolute atomic E-state index is 12.3. The molecule has 1 aromatic carbocycles. The van der Waals surface area contributed by atoms with E-state index in [4.69, 9.17) is 11.6 Å². The van der Waals surface area contributed by atoms with Crippen molar-refractivity contribution in [1.82, 2.24) is 15.0 Å². The molecule has 0 aliphatic rings. The average Bonchev–Trinajstić information content (AvgIpc) is 2.55. The summed E-state index contributed by atoms with van der Waals surface area (Å²) in [6, 6.07) is 8.48. The molecule has 0 saturated heterocycles. The Kier molecular flexibility index (Phi) is 4.75. The molecular formula is C16H15ClN4O2S. The fourth-order valence-corrected chi connectivity index (χ4v) is 3.07. The topological polar surface area (TPSA) is 93.7 Å². The van der Waals surface area contributed by atoms with Gasteiger partial charge in [0.05, 0.1) is 16.6 Å². The van der Waals surface area contributed by atoms with E-state index in [0.717, 1.165) is 5.39 Å². The van der Waals surface area contributed by atoms with Crippen LogP contribution in [-0.2, 0) is 11.2 Å². The van der Waals surface area contributed by atoms with E-state index < -0.39 is 11.2 Å². The number of benzene rings is 1. The van der Waals surface area contributed by atoms with Crippen LogP contribution in [0.1, 0.15) is 18.5 Å². The van der Waals surface area contributed by atoms with Crippen molar-refractivity contribution in [3.8, 4) is 0 Å². The van der Waals surface area contributed by atoms with Crippen LogP contribution in [0.3, 0.4) is 0 Å². The molecule has 0 bridgehead atoms. The first-order chi connectivity index (χ1) is 11.5. The zero-order chi connectivity index (χ0) is 17.3. The first kappa shape index (κ1) is 16.8. The number of aromatic amines is 1. The summed E-state index contributed by atoms with van der Waals surface area (Å²) in [5.74, 6) is 0.320.